The molecular formula is C13H19BrINO2. The van der Waals surface area contributed by atoms with Crippen LogP contribution in [0.1, 0.15) is 5.56 Å². The van der Waals surface area contributed by atoms with E-state index >= 15 is 0 Å². The first kappa shape index (κ1) is 16.4. The standard InChI is InChI=1S/C13H19INO2.BrH/c14-13-4-2-1-3-12(13)11-15(5-8-16)6-9-17-10-7-15;/h1-4,16H,5-11H2;1H/q+1;/p-1. The molecule has 0 amide bonds. The monoisotopic (exact) mass is 427 g/mol. The molecule has 2 rings (SSSR count). The molecule has 18 heavy (non-hydrogen) atoms. The van der Waals surface area contributed by atoms with Gasteiger partial charge in [0.1, 0.15) is 26.2 Å². The van der Waals surface area contributed by atoms with E-state index in [-0.39, 0.29) is 23.6 Å². The van der Waals surface area contributed by atoms with Crippen molar-refractivity contribution < 1.29 is 31.3 Å². The highest BCUT2D eigenvalue weighted by atomic mass is 127. The van der Waals surface area contributed by atoms with Crippen LogP contribution in [-0.2, 0) is 11.3 Å². The highest BCUT2D eigenvalue weighted by Gasteiger charge is 2.30. The van der Waals surface area contributed by atoms with E-state index in [1.54, 1.807) is 0 Å². The molecule has 1 aliphatic rings. The normalized spacial score (nSPS) is 18.1. The number of aliphatic hydroxyl groups is 1. The molecule has 0 saturated carbocycles. The molecule has 0 aliphatic carbocycles. The number of morpholine rings is 1. The minimum atomic E-state index is 0. The van der Waals surface area contributed by atoms with Crippen molar-refractivity contribution >= 4 is 22.6 Å². The van der Waals surface area contributed by atoms with Gasteiger partial charge < -0.3 is 31.3 Å². The molecule has 1 heterocycles. The van der Waals surface area contributed by atoms with Crippen LogP contribution in [0.3, 0.4) is 0 Å². The molecule has 1 saturated heterocycles. The van der Waals surface area contributed by atoms with Crippen molar-refractivity contribution in [2.45, 2.75) is 6.54 Å². The van der Waals surface area contributed by atoms with E-state index in [2.05, 4.69) is 46.9 Å². The molecule has 0 aromatic heterocycles. The van der Waals surface area contributed by atoms with Gasteiger partial charge in [-0.25, -0.2) is 0 Å². The zero-order chi connectivity index (χ0) is 12.1. The summed E-state index contributed by atoms with van der Waals surface area (Å²) in [4.78, 5) is 0. The van der Waals surface area contributed by atoms with E-state index in [1.807, 2.05) is 0 Å². The summed E-state index contributed by atoms with van der Waals surface area (Å²) in [6, 6.07) is 8.49. The van der Waals surface area contributed by atoms with E-state index in [0.29, 0.717) is 0 Å². The van der Waals surface area contributed by atoms with Gasteiger partial charge in [-0.1, -0.05) is 18.2 Å². The van der Waals surface area contributed by atoms with Gasteiger partial charge in [-0.05, 0) is 28.7 Å². The molecule has 1 aromatic carbocycles. The second kappa shape index (κ2) is 7.79. The van der Waals surface area contributed by atoms with Crippen molar-refractivity contribution in [2.24, 2.45) is 0 Å². The summed E-state index contributed by atoms with van der Waals surface area (Å²) < 4.78 is 7.71. The lowest BCUT2D eigenvalue weighted by Crippen LogP contribution is -3.00. The highest BCUT2D eigenvalue weighted by molar-refractivity contribution is 14.1. The maximum atomic E-state index is 9.27. The summed E-state index contributed by atoms with van der Waals surface area (Å²) in [5.41, 5.74) is 1.38. The second-order valence-electron chi connectivity index (χ2n) is 4.60. The smallest absolute Gasteiger partial charge is 0.106 e. The Morgan fingerprint density at radius 2 is 1.89 bits per heavy atom. The Balaban J connectivity index is 0.00000162. The van der Waals surface area contributed by atoms with E-state index in [4.69, 9.17) is 4.74 Å². The number of hydrogen-bond donors (Lipinski definition) is 1. The largest absolute Gasteiger partial charge is 1.00 e. The molecule has 3 nitrogen and oxygen atoms in total. The molecule has 102 valence electrons. The number of aliphatic hydroxyl groups excluding tert-OH is 1. The van der Waals surface area contributed by atoms with E-state index in [9.17, 15) is 5.11 Å². The van der Waals surface area contributed by atoms with E-state index in [1.165, 1.54) is 9.13 Å². The molecular weight excluding hydrogens is 409 g/mol. The third kappa shape index (κ3) is 4.16. The molecule has 1 fully saturated rings. The zero-order valence-corrected chi connectivity index (χ0v) is 14.1. The quantitative estimate of drug-likeness (QED) is 0.475. The first-order valence-electron chi connectivity index (χ1n) is 6.03. The van der Waals surface area contributed by atoms with Crippen LogP contribution in [0.2, 0.25) is 0 Å². The summed E-state index contributed by atoms with van der Waals surface area (Å²) in [7, 11) is 0. The molecule has 0 spiro atoms. The van der Waals surface area contributed by atoms with Gasteiger partial charge in [0.2, 0.25) is 0 Å². The van der Waals surface area contributed by atoms with Gasteiger partial charge in [-0.2, -0.15) is 0 Å². The van der Waals surface area contributed by atoms with Gasteiger partial charge in [0.25, 0.3) is 0 Å². The Morgan fingerprint density at radius 1 is 1.22 bits per heavy atom. The fourth-order valence-electron chi connectivity index (χ4n) is 2.39. The van der Waals surface area contributed by atoms with Gasteiger partial charge in [0.15, 0.2) is 0 Å². The Bertz CT molecular complexity index is 364. The van der Waals surface area contributed by atoms with Gasteiger partial charge >= 0.3 is 0 Å². The summed E-state index contributed by atoms with van der Waals surface area (Å²) in [5.74, 6) is 0. The summed E-state index contributed by atoms with van der Waals surface area (Å²) in [5, 5.41) is 9.27. The van der Waals surface area contributed by atoms with Crippen LogP contribution in [0.4, 0.5) is 0 Å². The Hall–Kier alpha value is 0.310. The number of rotatable bonds is 4. The fourth-order valence-corrected chi connectivity index (χ4v) is 2.95. The summed E-state index contributed by atoms with van der Waals surface area (Å²) >= 11 is 2.39. The van der Waals surface area contributed by atoms with Crippen molar-refractivity contribution in [3.8, 4) is 0 Å². The third-order valence-electron chi connectivity index (χ3n) is 3.46. The van der Waals surface area contributed by atoms with Crippen molar-refractivity contribution in [1.82, 2.24) is 0 Å². The van der Waals surface area contributed by atoms with Gasteiger partial charge in [-0.3, -0.25) is 0 Å². The molecule has 1 N–H and O–H groups in total. The molecule has 1 aliphatic heterocycles. The zero-order valence-electron chi connectivity index (χ0n) is 10.3. The van der Waals surface area contributed by atoms with Crippen molar-refractivity contribution in [3.63, 3.8) is 0 Å². The van der Waals surface area contributed by atoms with Crippen molar-refractivity contribution in [1.29, 1.82) is 0 Å². The minimum Gasteiger partial charge on any atom is -1.00 e. The maximum Gasteiger partial charge on any atom is 0.106 e. The lowest BCUT2D eigenvalue weighted by atomic mass is 10.1. The number of nitrogens with zero attached hydrogens (tertiary/aromatic N) is 1. The topological polar surface area (TPSA) is 29.5 Å². The first-order valence-corrected chi connectivity index (χ1v) is 7.11. The number of halogens is 2. The van der Waals surface area contributed by atoms with Crippen LogP contribution >= 0.6 is 22.6 Å². The van der Waals surface area contributed by atoms with Crippen LogP contribution in [-0.4, -0.2) is 49.0 Å². The van der Waals surface area contributed by atoms with Crippen LogP contribution < -0.4 is 17.0 Å². The second-order valence-corrected chi connectivity index (χ2v) is 5.76. The predicted octanol–water partition coefficient (Wildman–Crippen LogP) is -1.37. The lowest BCUT2D eigenvalue weighted by Gasteiger charge is -2.41. The summed E-state index contributed by atoms with van der Waals surface area (Å²) in [6.45, 7) is 5.71. The van der Waals surface area contributed by atoms with Crippen LogP contribution in [0.15, 0.2) is 24.3 Å². The van der Waals surface area contributed by atoms with Crippen LogP contribution in [0, 0.1) is 3.57 Å². The average molecular weight is 428 g/mol. The number of quaternary nitrogens is 1. The van der Waals surface area contributed by atoms with Crippen LogP contribution in [0.25, 0.3) is 0 Å². The molecule has 0 unspecified atom stereocenters. The number of benzene rings is 1. The van der Waals surface area contributed by atoms with Crippen LogP contribution in [0.5, 0.6) is 0 Å². The maximum absolute atomic E-state index is 9.27. The number of ether oxygens (including phenoxy) is 1. The fraction of sp³-hybridized carbons (Fsp3) is 0.538. The van der Waals surface area contributed by atoms with Gasteiger partial charge in [0, 0.05) is 9.13 Å². The third-order valence-corrected chi connectivity index (χ3v) is 4.51. The Labute approximate surface area is 133 Å². The molecule has 1 aromatic rings. The van der Waals surface area contributed by atoms with Crippen molar-refractivity contribution in [3.05, 3.63) is 33.4 Å². The molecule has 0 atom stereocenters. The summed E-state index contributed by atoms with van der Waals surface area (Å²) in [6.07, 6.45) is 0. The minimum absolute atomic E-state index is 0. The Morgan fingerprint density at radius 3 is 2.50 bits per heavy atom. The molecule has 0 radical (unpaired) electrons. The first-order chi connectivity index (χ1) is 8.26. The molecule has 5 heteroatoms. The van der Waals surface area contributed by atoms with Gasteiger partial charge in [-0.15, -0.1) is 0 Å². The highest BCUT2D eigenvalue weighted by Crippen LogP contribution is 2.20. The average Bonchev–Trinajstić information content (AvgIpc) is 2.34. The van der Waals surface area contributed by atoms with E-state index in [0.717, 1.165) is 43.9 Å². The Kier molecular flexibility index (Phi) is 7.08. The van der Waals surface area contributed by atoms with Crippen molar-refractivity contribution in [2.75, 3.05) is 39.5 Å². The number of hydrogen-bond acceptors (Lipinski definition) is 2. The lowest BCUT2D eigenvalue weighted by molar-refractivity contribution is -0.947. The predicted molar refractivity (Wildman–Crippen MR) is 75.6 cm³/mol. The molecule has 0 bridgehead atoms. The SMILES string of the molecule is OCC[N+]1(Cc2ccccc2I)CCOCC1.[Br-]. The van der Waals surface area contributed by atoms with Gasteiger partial charge in [0.05, 0.1) is 19.8 Å². The van der Waals surface area contributed by atoms with E-state index < -0.39 is 0 Å².